The molecule has 0 unspecified atom stereocenters. The van der Waals surface area contributed by atoms with Crippen molar-refractivity contribution in [1.82, 2.24) is 0 Å². The summed E-state index contributed by atoms with van der Waals surface area (Å²) in [6, 6.07) is 8.26. The summed E-state index contributed by atoms with van der Waals surface area (Å²) in [6.45, 7) is 12.1. The molecule has 1 rings (SSSR count). The van der Waals surface area contributed by atoms with Crippen LogP contribution in [-0.4, -0.2) is 13.2 Å². The molecule has 0 radical (unpaired) electrons. The number of hydrogen-bond acceptors (Lipinski definition) is 2. The Kier molecular flexibility index (Phi) is 6.37. The average Bonchev–Trinajstić information content (AvgIpc) is 2.30. The Bertz CT molecular complexity index is 333. The van der Waals surface area contributed by atoms with Gasteiger partial charge in [-0.25, -0.2) is 0 Å². The molecular weight excluding hydrogens is 224 g/mol. The van der Waals surface area contributed by atoms with Gasteiger partial charge in [-0.05, 0) is 24.3 Å². The maximum Gasteiger partial charge on any atom is 0.184 e. The lowest BCUT2D eigenvalue weighted by Crippen LogP contribution is -2.16. The molecule has 18 heavy (non-hydrogen) atoms. The lowest BCUT2D eigenvalue weighted by atomic mass is 10.1. The molecule has 0 aliphatic rings. The van der Waals surface area contributed by atoms with E-state index in [1.807, 2.05) is 12.1 Å². The summed E-state index contributed by atoms with van der Waals surface area (Å²) >= 11 is 0. The topological polar surface area (TPSA) is 18.5 Å². The van der Waals surface area contributed by atoms with Gasteiger partial charge >= 0.3 is 0 Å². The highest BCUT2D eigenvalue weighted by molar-refractivity contribution is 5.26. The van der Waals surface area contributed by atoms with E-state index < -0.39 is 0 Å². The largest absolute Gasteiger partial charge is 0.348 e. The van der Waals surface area contributed by atoms with Gasteiger partial charge in [0.25, 0.3) is 0 Å². The molecule has 0 aliphatic carbocycles. The maximum absolute atomic E-state index is 5.90. The van der Waals surface area contributed by atoms with Gasteiger partial charge in [0.15, 0.2) is 6.29 Å². The lowest BCUT2D eigenvalue weighted by Gasteiger charge is -2.22. The van der Waals surface area contributed by atoms with E-state index in [4.69, 9.17) is 9.47 Å². The van der Waals surface area contributed by atoms with Crippen LogP contribution in [0.4, 0.5) is 0 Å². The first kappa shape index (κ1) is 15.2. The summed E-state index contributed by atoms with van der Waals surface area (Å²) in [5.41, 5.74) is 2.36. The molecule has 1 aromatic rings. The monoisotopic (exact) mass is 250 g/mol. The second-order valence-corrected chi connectivity index (χ2v) is 5.64. The minimum atomic E-state index is -0.240. The molecule has 0 N–H and O–H groups in total. The summed E-state index contributed by atoms with van der Waals surface area (Å²) < 4.78 is 11.8. The molecule has 0 aromatic heterocycles. The molecule has 0 aliphatic heterocycles. The number of rotatable bonds is 7. The molecule has 102 valence electrons. The average molecular weight is 250 g/mol. The smallest absolute Gasteiger partial charge is 0.184 e. The Morgan fingerprint density at radius 3 is 1.83 bits per heavy atom. The maximum atomic E-state index is 5.90. The molecule has 0 saturated heterocycles. The Balaban J connectivity index is 2.73. The number of hydrogen-bond donors (Lipinski definition) is 0. The normalized spacial score (nSPS) is 11.8. The van der Waals surface area contributed by atoms with Gasteiger partial charge in [-0.2, -0.15) is 0 Å². The van der Waals surface area contributed by atoms with Crippen LogP contribution >= 0.6 is 0 Å². The van der Waals surface area contributed by atoms with E-state index in [-0.39, 0.29) is 6.29 Å². The van der Waals surface area contributed by atoms with Gasteiger partial charge in [-0.15, -0.1) is 0 Å². The summed E-state index contributed by atoms with van der Waals surface area (Å²) in [4.78, 5) is 0. The summed E-state index contributed by atoms with van der Waals surface area (Å²) in [5, 5.41) is 0. The van der Waals surface area contributed by atoms with Gasteiger partial charge in [0, 0.05) is 5.56 Å². The summed E-state index contributed by atoms with van der Waals surface area (Å²) in [6.07, 6.45) is -0.240. The second-order valence-electron chi connectivity index (χ2n) is 5.64. The molecule has 2 heteroatoms. The van der Waals surface area contributed by atoms with Crippen LogP contribution < -0.4 is 0 Å². The van der Waals surface area contributed by atoms with E-state index in [1.165, 1.54) is 5.56 Å². The fraction of sp³-hybridized carbons (Fsp3) is 0.625. The van der Waals surface area contributed by atoms with Crippen LogP contribution in [0.25, 0.3) is 0 Å². The molecule has 0 bridgehead atoms. The van der Waals surface area contributed by atoms with Crippen molar-refractivity contribution in [3.8, 4) is 0 Å². The third kappa shape index (κ3) is 5.19. The minimum absolute atomic E-state index is 0.240. The molecule has 0 saturated carbocycles. The van der Waals surface area contributed by atoms with Crippen molar-refractivity contribution in [2.75, 3.05) is 13.2 Å². The van der Waals surface area contributed by atoms with Gasteiger partial charge in [0.2, 0.25) is 0 Å². The number of benzene rings is 1. The van der Waals surface area contributed by atoms with Crippen LogP contribution in [0.15, 0.2) is 24.3 Å². The van der Waals surface area contributed by atoms with Gasteiger partial charge in [-0.3, -0.25) is 0 Å². The molecule has 0 atom stereocenters. The quantitative estimate of drug-likeness (QED) is 0.670. The van der Waals surface area contributed by atoms with E-state index in [1.54, 1.807) is 0 Å². The van der Waals surface area contributed by atoms with Crippen molar-refractivity contribution < 1.29 is 9.47 Å². The van der Waals surface area contributed by atoms with Crippen molar-refractivity contribution in [2.45, 2.75) is 40.9 Å². The van der Waals surface area contributed by atoms with Gasteiger partial charge < -0.3 is 9.47 Å². The van der Waals surface area contributed by atoms with Crippen LogP contribution in [0.3, 0.4) is 0 Å². The van der Waals surface area contributed by atoms with Crippen LogP contribution in [0.2, 0.25) is 0 Å². The molecule has 1 aromatic carbocycles. The zero-order valence-corrected chi connectivity index (χ0v) is 12.3. The Morgan fingerprint density at radius 1 is 0.889 bits per heavy atom. The number of ether oxygens (including phenoxy) is 2. The van der Waals surface area contributed by atoms with Crippen LogP contribution in [0.5, 0.6) is 0 Å². The SMILES string of the molecule is Cc1ccccc1C(OCC(C)C)OCC(C)C. The Hall–Kier alpha value is -0.860. The third-order valence-electron chi connectivity index (χ3n) is 2.60. The molecule has 2 nitrogen and oxygen atoms in total. The van der Waals surface area contributed by atoms with Crippen molar-refractivity contribution in [1.29, 1.82) is 0 Å². The van der Waals surface area contributed by atoms with Crippen LogP contribution in [-0.2, 0) is 9.47 Å². The minimum Gasteiger partial charge on any atom is -0.348 e. The van der Waals surface area contributed by atoms with Crippen molar-refractivity contribution in [3.63, 3.8) is 0 Å². The zero-order chi connectivity index (χ0) is 13.5. The predicted octanol–water partition coefficient (Wildman–Crippen LogP) is 4.34. The Morgan fingerprint density at radius 2 is 1.39 bits per heavy atom. The van der Waals surface area contributed by atoms with Crippen molar-refractivity contribution in [3.05, 3.63) is 35.4 Å². The van der Waals surface area contributed by atoms with E-state index in [9.17, 15) is 0 Å². The number of aryl methyl sites for hydroxylation is 1. The molecule has 0 amide bonds. The second kappa shape index (κ2) is 7.55. The van der Waals surface area contributed by atoms with E-state index in [2.05, 4.69) is 46.8 Å². The highest BCUT2D eigenvalue weighted by Gasteiger charge is 2.15. The summed E-state index contributed by atoms with van der Waals surface area (Å²) in [7, 11) is 0. The van der Waals surface area contributed by atoms with Crippen molar-refractivity contribution in [2.24, 2.45) is 11.8 Å². The molecule has 0 spiro atoms. The highest BCUT2D eigenvalue weighted by Crippen LogP contribution is 2.23. The van der Waals surface area contributed by atoms with Gasteiger partial charge in [-0.1, -0.05) is 52.0 Å². The van der Waals surface area contributed by atoms with E-state index in [0.29, 0.717) is 11.8 Å². The first-order valence-electron chi connectivity index (χ1n) is 6.79. The molecular formula is C16H26O2. The third-order valence-corrected chi connectivity index (χ3v) is 2.60. The van der Waals surface area contributed by atoms with Crippen LogP contribution in [0, 0.1) is 18.8 Å². The first-order valence-corrected chi connectivity index (χ1v) is 6.79. The summed E-state index contributed by atoms with van der Waals surface area (Å²) in [5.74, 6) is 1.03. The standard InChI is InChI=1S/C16H26O2/c1-12(2)10-17-16(18-11-13(3)4)15-9-7-6-8-14(15)5/h6-9,12-13,16H,10-11H2,1-5H3. The van der Waals surface area contributed by atoms with E-state index >= 15 is 0 Å². The van der Waals surface area contributed by atoms with E-state index in [0.717, 1.165) is 18.8 Å². The molecule has 0 heterocycles. The van der Waals surface area contributed by atoms with Crippen molar-refractivity contribution >= 4 is 0 Å². The highest BCUT2D eigenvalue weighted by atomic mass is 16.7. The molecule has 0 fully saturated rings. The zero-order valence-electron chi connectivity index (χ0n) is 12.3. The first-order chi connectivity index (χ1) is 8.50. The van der Waals surface area contributed by atoms with Crippen LogP contribution in [0.1, 0.15) is 45.1 Å². The Labute approximate surface area is 111 Å². The fourth-order valence-corrected chi connectivity index (χ4v) is 1.64. The predicted molar refractivity (Wildman–Crippen MR) is 75.5 cm³/mol. The van der Waals surface area contributed by atoms with Gasteiger partial charge in [0.05, 0.1) is 13.2 Å². The lowest BCUT2D eigenvalue weighted by molar-refractivity contribution is -0.158. The fourth-order valence-electron chi connectivity index (χ4n) is 1.64. The van der Waals surface area contributed by atoms with Gasteiger partial charge in [0.1, 0.15) is 0 Å².